The van der Waals surface area contributed by atoms with E-state index in [1.807, 2.05) is 0 Å². The number of hydrogen-bond donors (Lipinski definition) is 2. The Morgan fingerprint density at radius 2 is 1.77 bits per heavy atom. The van der Waals surface area contributed by atoms with Gasteiger partial charge in [-0.15, -0.1) is 0 Å². The number of hydrogen-bond acceptors (Lipinski definition) is 3. The first-order chi connectivity index (χ1) is 10.2. The second-order valence-corrected chi connectivity index (χ2v) is 5.02. The van der Waals surface area contributed by atoms with Crippen LogP contribution in [0.25, 0.3) is 0 Å². The zero-order valence-corrected chi connectivity index (χ0v) is 12.2. The van der Waals surface area contributed by atoms with E-state index in [1.54, 1.807) is 0 Å². The number of nitrogen functional groups attached to an aromatic ring is 1. The van der Waals surface area contributed by atoms with Crippen LogP contribution in [0.4, 0.5) is 24.7 Å². The quantitative estimate of drug-likeness (QED) is 0.851. The smallest absolute Gasteiger partial charge is 0.382 e. The van der Waals surface area contributed by atoms with Gasteiger partial charge in [0.25, 0.3) is 5.91 Å². The summed E-state index contributed by atoms with van der Waals surface area (Å²) in [4.78, 5) is 15.5. The van der Waals surface area contributed by atoms with Crippen molar-refractivity contribution in [2.24, 2.45) is 0 Å². The Bertz CT molecular complexity index is 718. The van der Waals surface area contributed by atoms with Crippen LogP contribution >= 0.6 is 23.2 Å². The number of carbonyl (C=O) groups is 1. The van der Waals surface area contributed by atoms with Crippen molar-refractivity contribution in [3.63, 3.8) is 0 Å². The predicted molar refractivity (Wildman–Crippen MR) is 78.1 cm³/mol. The van der Waals surface area contributed by atoms with Gasteiger partial charge in [-0.3, -0.25) is 4.79 Å². The molecule has 4 nitrogen and oxygen atoms in total. The van der Waals surface area contributed by atoms with Gasteiger partial charge in [0.05, 0.1) is 16.1 Å². The van der Waals surface area contributed by atoms with Gasteiger partial charge in [-0.05, 0) is 24.3 Å². The van der Waals surface area contributed by atoms with E-state index in [2.05, 4.69) is 10.3 Å². The Labute approximate surface area is 133 Å². The maximum Gasteiger partial charge on any atom is 0.418 e. The lowest BCUT2D eigenvalue weighted by Gasteiger charge is -2.14. The van der Waals surface area contributed by atoms with Crippen LogP contribution in [-0.4, -0.2) is 10.9 Å². The number of alkyl halides is 3. The Morgan fingerprint density at radius 1 is 1.18 bits per heavy atom. The van der Waals surface area contributed by atoms with Gasteiger partial charge in [0.2, 0.25) is 0 Å². The van der Waals surface area contributed by atoms with E-state index in [4.69, 9.17) is 28.9 Å². The molecule has 1 amide bonds. The second-order valence-electron chi connectivity index (χ2n) is 4.20. The Morgan fingerprint density at radius 3 is 2.32 bits per heavy atom. The summed E-state index contributed by atoms with van der Waals surface area (Å²) in [6.07, 6.45) is -4.32. The van der Waals surface area contributed by atoms with Crippen LogP contribution in [0.2, 0.25) is 10.0 Å². The number of anilines is 2. The minimum absolute atomic E-state index is 0.258. The zero-order valence-electron chi connectivity index (χ0n) is 10.7. The van der Waals surface area contributed by atoms with Gasteiger partial charge >= 0.3 is 6.18 Å². The van der Waals surface area contributed by atoms with Crippen molar-refractivity contribution in [2.45, 2.75) is 6.18 Å². The molecule has 0 unspecified atom stereocenters. The molecule has 0 atom stereocenters. The fourth-order valence-corrected chi connectivity index (χ4v) is 2.03. The molecule has 0 fully saturated rings. The molecule has 0 spiro atoms. The number of nitrogens with one attached hydrogen (secondary N) is 1. The van der Waals surface area contributed by atoms with Crippen molar-refractivity contribution < 1.29 is 18.0 Å². The molecule has 1 aromatic carbocycles. The highest BCUT2D eigenvalue weighted by Crippen LogP contribution is 2.36. The van der Waals surface area contributed by atoms with Gasteiger partial charge in [-0.1, -0.05) is 23.2 Å². The minimum atomic E-state index is -4.79. The van der Waals surface area contributed by atoms with Crippen molar-refractivity contribution in [1.29, 1.82) is 0 Å². The normalized spacial score (nSPS) is 11.3. The maximum absolute atomic E-state index is 13.0. The first kappa shape index (κ1) is 16.4. The number of amides is 1. The standard InChI is InChI=1S/C13H8Cl2F3N3O/c14-6-1-3-7(4-2-6)21-12(22)9-8(13(16,17)18)5-20-11(19)10(9)15/h1-5H,(H2,19,20)(H,21,22). The van der Waals surface area contributed by atoms with Gasteiger partial charge in [0.1, 0.15) is 5.82 Å². The van der Waals surface area contributed by atoms with E-state index in [9.17, 15) is 18.0 Å². The molecule has 2 aromatic rings. The predicted octanol–water partition coefficient (Wildman–Crippen LogP) is 4.24. The first-order valence-electron chi connectivity index (χ1n) is 5.78. The number of rotatable bonds is 2. The van der Waals surface area contributed by atoms with Crippen molar-refractivity contribution >= 4 is 40.6 Å². The topological polar surface area (TPSA) is 68.0 Å². The lowest BCUT2D eigenvalue weighted by atomic mass is 10.1. The number of pyridine rings is 1. The second kappa shape index (κ2) is 6.02. The maximum atomic E-state index is 13.0. The van der Waals surface area contributed by atoms with Gasteiger partial charge in [0.15, 0.2) is 0 Å². The summed E-state index contributed by atoms with van der Waals surface area (Å²) in [5.41, 5.74) is 3.59. The molecule has 0 saturated carbocycles. The highest BCUT2D eigenvalue weighted by atomic mass is 35.5. The third-order valence-corrected chi connectivity index (χ3v) is 3.32. The third kappa shape index (κ3) is 3.42. The molecule has 9 heteroatoms. The number of nitrogens with two attached hydrogens (primary N) is 1. The van der Waals surface area contributed by atoms with Crippen molar-refractivity contribution in [1.82, 2.24) is 4.98 Å². The van der Waals surface area contributed by atoms with Crippen LogP contribution in [0.5, 0.6) is 0 Å². The van der Waals surface area contributed by atoms with E-state index in [-0.39, 0.29) is 11.5 Å². The summed E-state index contributed by atoms with van der Waals surface area (Å²) in [7, 11) is 0. The highest BCUT2D eigenvalue weighted by Gasteiger charge is 2.37. The van der Waals surface area contributed by atoms with Crippen LogP contribution in [0, 0.1) is 0 Å². The molecular weight excluding hydrogens is 342 g/mol. The van der Waals surface area contributed by atoms with E-state index in [0.29, 0.717) is 11.2 Å². The highest BCUT2D eigenvalue weighted by molar-refractivity contribution is 6.36. The minimum Gasteiger partial charge on any atom is -0.382 e. The van der Waals surface area contributed by atoms with E-state index < -0.39 is 28.2 Å². The van der Waals surface area contributed by atoms with Crippen molar-refractivity contribution in [3.8, 4) is 0 Å². The van der Waals surface area contributed by atoms with Crippen LogP contribution in [0.1, 0.15) is 15.9 Å². The van der Waals surface area contributed by atoms with E-state index in [0.717, 1.165) is 0 Å². The SMILES string of the molecule is Nc1ncc(C(F)(F)F)c(C(=O)Nc2ccc(Cl)cc2)c1Cl. The van der Waals surface area contributed by atoms with Crippen molar-refractivity contribution in [2.75, 3.05) is 11.1 Å². The number of halogens is 5. The molecule has 1 aromatic heterocycles. The fraction of sp³-hybridized carbons (Fsp3) is 0.0769. The average molecular weight is 350 g/mol. The zero-order chi connectivity index (χ0) is 16.5. The average Bonchev–Trinajstić information content (AvgIpc) is 2.42. The summed E-state index contributed by atoms with van der Waals surface area (Å²) in [6.45, 7) is 0. The van der Waals surface area contributed by atoms with Crippen LogP contribution in [-0.2, 0) is 6.18 Å². The molecule has 1 heterocycles. The molecule has 0 saturated heterocycles. The van der Waals surface area contributed by atoms with Gasteiger partial charge < -0.3 is 11.1 Å². The van der Waals surface area contributed by atoms with Crippen LogP contribution in [0.15, 0.2) is 30.5 Å². The molecular formula is C13H8Cl2F3N3O. The lowest BCUT2D eigenvalue weighted by molar-refractivity contribution is -0.138. The van der Waals surface area contributed by atoms with Crippen LogP contribution in [0.3, 0.4) is 0 Å². The Balaban J connectivity index is 2.44. The molecule has 0 aliphatic heterocycles. The summed E-state index contributed by atoms with van der Waals surface area (Å²) < 4.78 is 38.9. The Kier molecular flexibility index (Phi) is 4.48. The summed E-state index contributed by atoms with van der Waals surface area (Å²) in [5.74, 6) is -1.41. The first-order valence-corrected chi connectivity index (χ1v) is 6.54. The number of nitrogens with zero attached hydrogens (tertiary/aromatic N) is 1. The molecule has 0 aliphatic rings. The van der Waals surface area contributed by atoms with Crippen LogP contribution < -0.4 is 11.1 Å². The van der Waals surface area contributed by atoms with Gasteiger partial charge in [0, 0.05) is 16.9 Å². The monoisotopic (exact) mass is 349 g/mol. The molecule has 116 valence electrons. The molecule has 0 aliphatic carbocycles. The molecule has 2 rings (SSSR count). The van der Waals surface area contributed by atoms with E-state index >= 15 is 0 Å². The largest absolute Gasteiger partial charge is 0.418 e. The van der Waals surface area contributed by atoms with Crippen molar-refractivity contribution in [3.05, 3.63) is 51.6 Å². The fourth-order valence-electron chi connectivity index (χ4n) is 1.67. The van der Waals surface area contributed by atoms with Gasteiger partial charge in [-0.25, -0.2) is 4.98 Å². The molecule has 0 radical (unpaired) electrons. The number of benzene rings is 1. The number of carbonyl (C=O) groups excluding carboxylic acids is 1. The van der Waals surface area contributed by atoms with E-state index in [1.165, 1.54) is 24.3 Å². The third-order valence-electron chi connectivity index (χ3n) is 2.68. The number of aromatic nitrogens is 1. The summed E-state index contributed by atoms with van der Waals surface area (Å²) in [6, 6.07) is 5.83. The molecule has 22 heavy (non-hydrogen) atoms. The summed E-state index contributed by atoms with van der Waals surface area (Å²) in [5, 5.41) is 2.16. The molecule has 0 bridgehead atoms. The Hall–Kier alpha value is -1.99. The van der Waals surface area contributed by atoms with Gasteiger partial charge in [-0.2, -0.15) is 13.2 Å². The lowest BCUT2D eigenvalue weighted by Crippen LogP contribution is -2.20. The summed E-state index contributed by atoms with van der Waals surface area (Å²) >= 11 is 11.4. The molecule has 3 N–H and O–H groups in total.